The third-order valence-electron chi connectivity index (χ3n) is 3.47. The predicted molar refractivity (Wildman–Crippen MR) is 77.0 cm³/mol. The molecule has 0 fully saturated rings. The summed E-state index contributed by atoms with van der Waals surface area (Å²) in [5.74, 6) is 2.16. The minimum Gasteiger partial charge on any atom is -0.482 e. The summed E-state index contributed by atoms with van der Waals surface area (Å²) in [7, 11) is 5.89. The number of ether oxygens (including phenoxy) is 1. The van der Waals surface area contributed by atoms with Crippen LogP contribution in [0, 0.1) is 0 Å². The molecule has 0 N–H and O–H groups in total. The summed E-state index contributed by atoms with van der Waals surface area (Å²) in [4.78, 5) is 8.07. The number of hydrogen-bond donors (Lipinski definition) is 0. The topological polar surface area (TPSA) is 30.3 Å². The van der Waals surface area contributed by atoms with Crippen LogP contribution in [0.15, 0.2) is 36.0 Å². The van der Waals surface area contributed by atoms with E-state index in [-0.39, 0.29) is 12.0 Å². The maximum Gasteiger partial charge on any atom is 0.195 e. The Bertz CT molecular complexity index is 586. The predicted octanol–water partition coefficient (Wildman–Crippen LogP) is 2.79. The molecule has 2 atom stereocenters. The van der Waals surface area contributed by atoms with Gasteiger partial charge in [-0.15, -0.1) is 11.3 Å². The zero-order valence-electron chi connectivity index (χ0n) is 11.3. The number of methoxy groups -OCH3 is 1. The molecule has 0 saturated heterocycles. The summed E-state index contributed by atoms with van der Waals surface area (Å²) in [6.45, 7) is 0. The van der Waals surface area contributed by atoms with E-state index >= 15 is 0 Å². The molecule has 0 aromatic carbocycles. The molecule has 4 nitrogen and oxygen atoms in total. The molecule has 5 heteroatoms. The molecule has 0 amide bonds. The lowest BCUT2D eigenvalue weighted by molar-refractivity contribution is 0.244. The van der Waals surface area contributed by atoms with Gasteiger partial charge < -0.3 is 4.74 Å². The maximum absolute atomic E-state index is 5.50. The minimum atomic E-state index is 0.229. The monoisotopic (exact) mass is 275 g/mol. The van der Waals surface area contributed by atoms with Crippen LogP contribution < -0.4 is 0 Å². The number of nitrogens with zero attached hydrogens (tertiary/aromatic N) is 3. The standard InChI is InChI=1S/C14H17N3OS/c1-16(2)13-10(11-5-4-8-19-11)9-12(18-3)17-7-6-15-14(13)17/h4-10,13H,1-3H3/t10-,13-/m1/s1. The summed E-state index contributed by atoms with van der Waals surface area (Å²) in [5.41, 5.74) is 0. The Morgan fingerprint density at radius 1 is 1.42 bits per heavy atom. The molecule has 0 aliphatic carbocycles. The zero-order valence-corrected chi connectivity index (χ0v) is 12.1. The van der Waals surface area contributed by atoms with Gasteiger partial charge in [-0.2, -0.15) is 0 Å². The van der Waals surface area contributed by atoms with Crippen LogP contribution in [0.5, 0.6) is 0 Å². The molecule has 0 spiro atoms. The van der Waals surface area contributed by atoms with Gasteiger partial charge in [0.1, 0.15) is 5.82 Å². The van der Waals surface area contributed by atoms with E-state index < -0.39 is 0 Å². The average Bonchev–Trinajstić information content (AvgIpc) is 3.06. The van der Waals surface area contributed by atoms with Gasteiger partial charge in [-0.25, -0.2) is 4.98 Å². The molecule has 0 saturated carbocycles. The van der Waals surface area contributed by atoms with Gasteiger partial charge in [0.05, 0.1) is 13.2 Å². The molecule has 0 unspecified atom stereocenters. The number of fused-ring (bicyclic) bond motifs is 1. The Balaban J connectivity index is 2.13. The molecule has 0 radical (unpaired) electrons. The molecular formula is C14H17N3OS. The maximum atomic E-state index is 5.50. The minimum absolute atomic E-state index is 0.229. The Labute approximate surface area is 117 Å². The second-order valence-corrected chi connectivity index (χ2v) is 5.79. The van der Waals surface area contributed by atoms with Crippen molar-refractivity contribution in [3.05, 3.63) is 46.7 Å². The van der Waals surface area contributed by atoms with Gasteiger partial charge in [0.15, 0.2) is 5.88 Å². The van der Waals surface area contributed by atoms with E-state index in [2.05, 4.69) is 47.6 Å². The SMILES string of the molecule is COC1=C[C@H](c2cccs2)[C@@H](N(C)C)c2nccn21. The van der Waals surface area contributed by atoms with Crippen LogP contribution in [0.2, 0.25) is 0 Å². The first kappa shape index (κ1) is 12.4. The highest BCUT2D eigenvalue weighted by atomic mass is 32.1. The summed E-state index contributed by atoms with van der Waals surface area (Å²) >= 11 is 1.78. The normalized spacial score (nSPS) is 22.2. The summed E-state index contributed by atoms with van der Waals surface area (Å²) < 4.78 is 7.53. The van der Waals surface area contributed by atoms with E-state index in [4.69, 9.17) is 4.74 Å². The van der Waals surface area contributed by atoms with Crippen LogP contribution in [0.3, 0.4) is 0 Å². The van der Waals surface area contributed by atoms with E-state index in [0.717, 1.165) is 11.7 Å². The Hall–Kier alpha value is -1.59. The fourth-order valence-electron chi connectivity index (χ4n) is 2.64. The van der Waals surface area contributed by atoms with E-state index in [1.165, 1.54) is 4.88 Å². The van der Waals surface area contributed by atoms with Gasteiger partial charge in [0.25, 0.3) is 0 Å². The Morgan fingerprint density at radius 3 is 2.89 bits per heavy atom. The van der Waals surface area contributed by atoms with Crippen LogP contribution in [-0.2, 0) is 4.74 Å². The number of rotatable bonds is 3. The van der Waals surface area contributed by atoms with Crippen molar-refractivity contribution < 1.29 is 4.74 Å². The van der Waals surface area contributed by atoms with Gasteiger partial charge in [-0.1, -0.05) is 6.07 Å². The fraction of sp³-hybridized carbons (Fsp3) is 0.357. The van der Waals surface area contributed by atoms with Crippen LogP contribution in [0.1, 0.15) is 22.7 Å². The van der Waals surface area contributed by atoms with Crippen molar-refractivity contribution in [2.45, 2.75) is 12.0 Å². The van der Waals surface area contributed by atoms with Crippen LogP contribution >= 0.6 is 11.3 Å². The van der Waals surface area contributed by atoms with Crippen molar-refractivity contribution in [3.63, 3.8) is 0 Å². The van der Waals surface area contributed by atoms with Crippen LogP contribution in [0.25, 0.3) is 5.88 Å². The van der Waals surface area contributed by atoms with Gasteiger partial charge in [-0.3, -0.25) is 9.47 Å². The second-order valence-electron chi connectivity index (χ2n) is 4.81. The van der Waals surface area contributed by atoms with E-state index in [9.17, 15) is 0 Å². The van der Waals surface area contributed by atoms with Gasteiger partial charge in [0.2, 0.25) is 0 Å². The van der Waals surface area contributed by atoms with Gasteiger partial charge in [-0.05, 0) is 31.6 Å². The highest BCUT2D eigenvalue weighted by molar-refractivity contribution is 7.10. The van der Waals surface area contributed by atoms with Crippen molar-refractivity contribution in [3.8, 4) is 0 Å². The lowest BCUT2D eigenvalue weighted by Crippen LogP contribution is -2.31. The zero-order chi connectivity index (χ0) is 13.4. The van der Waals surface area contributed by atoms with Gasteiger partial charge >= 0.3 is 0 Å². The largest absolute Gasteiger partial charge is 0.482 e. The molecule has 1 aliphatic heterocycles. The van der Waals surface area contributed by atoms with Crippen LogP contribution in [0.4, 0.5) is 0 Å². The molecule has 2 aromatic rings. The van der Waals surface area contributed by atoms with Crippen molar-refractivity contribution in [1.82, 2.24) is 14.5 Å². The third-order valence-corrected chi connectivity index (χ3v) is 4.44. The second kappa shape index (κ2) is 4.83. The molecule has 3 heterocycles. The van der Waals surface area contributed by atoms with E-state index in [1.807, 2.05) is 17.0 Å². The highest BCUT2D eigenvalue weighted by Crippen LogP contribution is 2.42. The lowest BCUT2D eigenvalue weighted by Gasteiger charge is -2.34. The summed E-state index contributed by atoms with van der Waals surface area (Å²) in [5, 5.41) is 2.11. The average molecular weight is 275 g/mol. The molecule has 2 aromatic heterocycles. The van der Waals surface area contributed by atoms with E-state index in [0.29, 0.717) is 0 Å². The number of hydrogen-bond acceptors (Lipinski definition) is 4. The van der Waals surface area contributed by atoms with Crippen LogP contribution in [-0.4, -0.2) is 35.7 Å². The molecule has 3 rings (SSSR count). The first-order valence-electron chi connectivity index (χ1n) is 6.21. The third kappa shape index (κ3) is 1.99. The Kier molecular flexibility index (Phi) is 3.16. The summed E-state index contributed by atoms with van der Waals surface area (Å²) in [6.07, 6.45) is 5.96. The first-order chi connectivity index (χ1) is 9.22. The first-order valence-corrected chi connectivity index (χ1v) is 7.09. The fourth-order valence-corrected chi connectivity index (χ4v) is 3.47. The molecule has 100 valence electrons. The van der Waals surface area contributed by atoms with E-state index in [1.54, 1.807) is 18.4 Å². The number of imidazole rings is 1. The molecule has 1 aliphatic rings. The highest BCUT2D eigenvalue weighted by Gasteiger charge is 2.34. The Morgan fingerprint density at radius 2 is 2.26 bits per heavy atom. The van der Waals surface area contributed by atoms with Gasteiger partial charge in [0, 0.05) is 23.2 Å². The molecule has 19 heavy (non-hydrogen) atoms. The van der Waals surface area contributed by atoms with Crippen molar-refractivity contribution in [2.24, 2.45) is 0 Å². The quantitative estimate of drug-likeness (QED) is 0.863. The number of aromatic nitrogens is 2. The van der Waals surface area contributed by atoms with Crippen molar-refractivity contribution in [1.29, 1.82) is 0 Å². The summed E-state index contributed by atoms with van der Waals surface area (Å²) in [6, 6.07) is 4.50. The number of likely N-dealkylation sites (N-methyl/N-ethyl adjacent to an activating group) is 1. The smallest absolute Gasteiger partial charge is 0.195 e. The number of thiophene rings is 1. The molecule has 0 bridgehead atoms. The van der Waals surface area contributed by atoms with Crippen molar-refractivity contribution in [2.75, 3.05) is 21.2 Å². The molecular weight excluding hydrogens is 258 g/mol. The van der Waals surface area contributed by atoms with Crippen molar-refractivity contribution >= 4 is 17.2 Å². The lowest BCUT2D eigenvalue weighted by atomic mass is 9.93.